The summed E-state index contributed by atoms with van der Waals surface area (Å²) in [7, 11) is 0. The summed E-state index contributed by atoms with van der Waals surface area (Å²) >= 11 is 0. The maximum absolute atomic E-state index is 11.7. The van der Waals surface area contributed by atoms with Crippen molar-refractivity contribution in [3.8, 4) is 0 Å². The number of carboxylic acid groups (broad SMARTS) is 1. The molecule has 2 amide bonds. The molecule has 96 valence electrons. The van der Waals surface area contributed by atoms with E-state index in [0.29, 0.717) is 0 Å². The molecule has 1 rings (SSSR count). The molecule has 1 aliphatic rings. The predicted octanol–water partition coefficient (Wildman–Crippen LogP) is -0.166. The van der Waals surface area contributed by atoms with Crippen LogP contribution in [0.25, 0.3) is 0 Å². The minimum Gasteiger partial charge on any atom is -0.481 e. The van der Waals surface area contributed by atoms with Crippen molar-refractivity contribution in [2.75, 3.05) is 13.1 Å². The number of imide groups is 1. The molecule has 6 nitrogen and oxygen atoms in total. The van der Waals surface area contributed by atoms with Gasteiger partial charge in [0.05, 0.1) is 17.5 Å². The van der Waals surface area contributed by atoms with Gasteiger partial charge in [-0.2, -0.15) is 0 Å². The quantitative estimate of drug-likeness (QED) is 0.671. The van der Waals surface area contributed by atoms with Crippen LogP contribution < -0.4 is 5.32 Å². The number of piperazine rings is 1. The van der Waals surface area contributed by atoms with Crippen LogP contribution in [0.2, 0.25) is 0 Å². The van der Waals surface area contributed by atoms with Crippen LogP contribution in [0, 0.1) is 5.41 Å². The van der Waals surface area contributed by atoms with Crippen molar-refractivity contribution in [1.29, 1.82) is 0 Å². The van der Waals surface area contributed by atoms with E-state index in [1.807, 2.05) is 0 Å². The van der Waals surface area contributed by atoms with Crippen molar-refractivity contribution in [3.05, 3.63) is 0 Å². The Labute approximate surface area is 100.0 Å². The van der Waals surface area contributed by atoms with E-state index in [0.717, 1.165) is 0 Å². The number of nitrogens with zero attached hydrogens (tertiary/aromatic N) is 1. The van der Waals surface area contributed by atoms with E-state index in [2.05, 4.69) is 5.32 Å². The number of hydrogen-bond donors (Lipinski definition) is 2. The van der Waals surface area contributed by atoms with Gasteiger partial charge in [-0.05, 0) is 27.7 Å². The molecule has 1 fully saturated rings. The largest absolute Gasteiger partial charge is 0.481 e. The average Bonchev–Trinajstić information content (AvgIpc) is 2.13. The van der Waals surface area contributed by atoms with Gasteiger partial charge in [0.2, 0.25) is 11.8 Å². The standard InChI is InChI=1S/C11H18N2O4/c1-10(2,9(16)17)6-13-5-7(14)12-8(15)11(13,3)4/h5-6H2,1-4H3,(H,16,17)(H,12,14,15). The van der Waals surface area contributed by atoms with Crippen LogP contribution in [0.1, 0.15) is 27.7 Å². The third-order valence-electron chi connectivity index (χ3n) is 3.10. The Morgan fingerprint density at radius 3 is 2.47 bits per heavy atom. The van der Waals surface area contributed by atoms with Gasteiger partial charge in [-0.1, -0.05) is 0 Å². The summed E-state index contributed by atoms with van der Waals surface area (Å²) in [4.78, 5) is 35.6. The van der Waals surface area contributed by atoms with Crippen LogP contribution >= 0.6 is 0 Å². The van der Waals surface area contributed by atoms with E-state index in [1.165, 1.54) is 0 Å². The first-order chi connectivity index (χ1) is 7.57. The molecule has 0 spiro atoms. The first-order valence-electron chi connectivity index (χ1n) is 5.40. The Bertz CT molecular complexity index is 374. The number of carbonyl (C=O) groups is 3. The van der Waals surface area contributed by atoms with E-state index in [9.17, 15) is 14.4 Å². The second kappa shape index (κ2) is 4.10. The van der Waals surface area contributed by atoms with Crippen molar-refractivity contribution in [3.63, 3.8) is 0 Å². The number of hydrogen-bond acceptors (Lipinski definition) is 4. The first-order valence-corrected chi connectivity index (χ1v) is 5.40. The fraction of sp³-hybridized carbons (Fsp3) is 0.727. The van der Waals surface area contributed by atoms with Crippen LogP contribution in [0.15, 0.2) is 0 Å². The molecule has 1 heterocycles. The SMILES string of the molecule is CC(C)(CN1CC(=O)NC(=O)C1(C)C)C(=O)O. The lowest BCUT2D eigenvalue weighted by Crippen LogP contribution is -2.65. The number of amides is 2. The Morgan fingerprint density at radius 1 is 1.47 bits per heavy atom. The Hall–Kier alpha value is -1.43. The summed E-state index contributed by atoms with van der Waals surface area (Å²) in [6, 6.07) is 0. The number of carbonyl (C=O) groups excluding carboxylic acids is 2. The highest BCUT2D eigenvalue weighted by Gasteiger charge is 2.44. The van der Waals surface area contributed by atoms with Gasteiger partial charge < -0.3 is 5.11 Å². The summed E-state index contributed by atoms with van der Waals surface area (Å²) in [5.74, 6) is -1.74. The third-order valence-corrected chi connectivity index (χ3v) is 3.10. The molecule has 0 aromatic carbocycles. The Morgan fingerprint density at radius 2 is 2.00 bits per heavy atom. The zero-order chi connectivity index (χ0) is 13.4. The number of rotatable bonds is 3. The minimum absolute atomic E-state index is 0.0372. The van der Waals surface area contributed by atoms with Crippen LogP contribution in [0.5, 0.6) is 0 Å². The van der Waals surface area contributed by atoms with Crippen molar-refractivity contribution in [1.82, 2.24) is 10.2 Å². The number of nitrogens with one attached hydrogen (secondary N) is 1. The topological polar surface area (TPSA) is 86.7 Å². The third kappa shape index (κ3) is 2.63. The number of aliphatic carboxylic acids is 1. The summed E-state index contributed by atoms with van der Waals surface area (Å²) in [6.07, 6.45) is 0. The first kappa shape index (κ1) is 13.6. The van der Waals surface area contributed by atoms with E-state index < -0.39 is 28.7 Å². The molecule has 0 aromatic rings. The van der Waals surface area contributed by atoms with Crippen LogP contribution in [0.3, 0.4) is 0 Å². The highest BCUT2D eigenvalue weighted by Crippen LogP contribution is 2.25. The van der Waals surface area contributed by atoms with Crippen molar-refractivity contribution >= 4 is 17.8 Å². The molecule has 0 bridgehead atoms. The molecule has 0 radical (unpaired) electrons. The predicted molar refractivity (Wildman–Crippen MR) is 60.2 cm³/mol. The summed E-state index contributed by atoms with van der Waals surface area (Å²) in [6.45, 7) is 6.67. The molecule has 0 saturated carbocycles. The highest BCUT2D eigenvalue weighted by molar-refractivity contribution is 6.03. The molecule has 0 atom stereocenters. The van der Waals surface area contributed by atoms with Gasteiger partial charge in [0.1, 0.15) is 0 Å². The van der Waals surface area contributed by atoms with Gasteiger partial charge in [-0.25, -0.2) is 0 Å². The lowest BCUT2D eigenvalue weighted by atomic mass is 9.89. The molecule has 6 heteroatoms. The molecule has 1 saturated heterocycles. The second-order valence-electron chi connectivity index (χ2n) is 5.48. The zero-order valence-corrected chi connectivity index (χ0v) is 10.5. The minimum atomic E-state index is -1.00. The molecule has 2 N–H and O–H groups in total. The zero-order valence-electron chi connectivity index (χ0n) is 10.5. The molecule has 1 aliphatic heterocycles. The fourth-order valence-electron chi connectivity index (χ4n) is 1.63. The van der Waals surface area contributed by atoms with Crippen molar-refractivity contribution in [2.45, 2.75) is 33.2 Å². The van der Waals surface area contributed by atoms with Gasteiger partial charge in [-0.3, -0.25) is 24.6 Å². The van der Waals surface area contributed by atoms with Crippen molar-refractivity contribution in [2.24, 2.45) is 5.41 Å². The van der Waals surface area contributed by atoms with Gasteiger partial charge in [-0.15, -0.1) is 0 Å². The maximum Gasteiger partial charge on any atom is 0.310 e. The van der Waals surface area contributed by atoms with Gasteiger partial charge >= 0.3 is 5.97 Å². The van der Waals surface area contributed by atoms with Crippen molar-refractivity contribution < 1.29 is 19.5 Å². The molecular formula is C11H18N2O4. The van der Waals surface area contributed by atoms with Gasteiger partial charge in [0, 0.05) is 6.54 Å². The van der Waals surface area contributed by atoms with E-state index >= 15 is 0 Å². The number of carboxylic acids is 1. The smallest absolute Gasteiger partial charge is 0.310 e. The normalized spacial score (nSPS) is 21.2. The molecule has 0 aliphatic carbocycles. The van der Waals surface area contributed by atoms with Crippen LogP contribution in [-0.4, -0.2) is 46.4 Å². The summed E-state index contributed by atoms with van der Waals surface area (Å²) < 4.78 is 0. The summed E-state index contributed by atoms with van der Waals surface area (Å²) in [5, 5.41) is 11.3. The maximum atomic E-state index is 11.7. The lowest BCUT2D eigenvalue weighted by molar-refractivity contribution is -0.154. The second-order valence-corrected chi connectivity index (χ2v) is 5.48. The monoisotopic (exact) mass is 242 g/mol. The molecule has 0 unspecified atom stereocenters. The van der Waals surface area contributed by atoms with Gasteiger partial charge in [0.25, 0.3) is 0 Å². The van der Waals surface area contributed by atoms with E-state index in [-0.39, 0.29) is 13.1 Å². The molecular weight excluding hydrogens is 224 g/mol. The average molecular weight is 242 g/mol. The molecule has 17 heavy (non-hydrogen) atoms. The lowest BCUT2D eigenvalue weighted by Gasteiger charge is -2.42. The van der Waals surface area contributed by atoms with E-state index in [1.54, 1.807) is 32.6 Å². The molecule has 0 aromatic heterocycles. The highest BCUT2D eigenvalue weighted by atomic mass is 16.4. The Kier molecular flexibility index (Phi) is 3.29. The summed E-state index contributed by atoms with van der Waals surface area (Å²) in [5.41, 5.74) is -1.88. The fourth-order valence-corrected chi connectivity index (χ4v) is 1.63. The van der Waals surface area contributed by atoms with Crippen LogP contribution in [-0.2, 0) is 14.4 Å². The Balaban J connectivity index is 2.92. The van der Waals surface area contributed by atoms with Gasteiger partial charge in [0.15, 0.2) is 0 Å². The van der Waals surface area contributed by atoms with Crippen LogP contribution in [0.4, 0.5) is 0 Å². The van der Waals surface area contributed by atoms with E-state index in [4.69, 9.17) is 5.11 Å².